The Balaban J connectivity index is 1.99. The fraction of sp³-hybridized carbons (Fsp3) is 0.588. The lowest BCUT2D eigenvalue weighted by molar-refractivity contribution is 0.0792. The number of unbranched alkanes of at least 4 members (excludes halogenated alkanes) is 1. The van der Waals surface area contributed by atoms with E-state index in [1.165, 1.54) is 0 Å². The normalized spacial score (nSPS) is 17.6. The number of aliphatic hydroxyl groups is 1. The van der Waals surface area contributed by atoms with E-state index in [1.54, 1.807) is 0 Å². The summed E-state index contributed by atoms with van der Waals surface area (Å²) < 4.78 is 0. The smallest absolute Gasteiger partial charge is 0.170 e. The molecule has 1 fully saturated rings. The van der Waals surface area contributed by atoms with Crippen molar-refractivity contribution in [2.75, 3.05) is 19.7 Å². The fourth-order valence-electron chi connectivity index (χ4n) is 2.60. The molecule has 0 aromatic heterocycles. The summed E-state index contributed by atoms with van der Waals surface area (Å²) in [6, 6.07) is 8.04. The molecule has 1 heterocycles. The lowest BCUT2D eigenvalue weighted by Gasteiger charge is -2.30. The predicted molar refractivity (Wildman–Crippen MR) is 88.5 cm³/mol. The Bertz CT molecular complexity index is 483. The van der Waals surface area contributed by atoms with Gasteiger partial charge in [-0.2, -0.15) is 0 Å². The third kappa shape index (κ3) is 5.00. The standard InChI is InChI=1S/C17H27N3O2/c1-2-3-12-22-19-17(18)16-7-5-4-6-14(16)13-20-10-8-15(21)9-11-20/h4-7,15,21H,2-3,8-13H2,1H3,(H2,18,19). The number of rotatable bonds is 7. The number of aliphatic hydroxyl groups excluding tert-OH is 1. The van der Waals surface area contributed by atoms with Gasteiger partial charge in [0.15, 0.2) is 5.84 Å². The Morgan fingerprint density at radius 1 is 1.36 bits per heavy atom. The molecule has 0 aliphatic carbocycles. The zero-order valence-corrected chi connectivity index (χ0v) is 13.4. The Labute approximate surface area is 132 Å². The van der Waals surface area contributed by atoms with Crippen LogP contribution in [0.2, 0.25) is 0 Å². The number of nitrogens with zero attached hydrogens (tertiary/aromatic N) is 2. The average Bonchev–Trinajstić information content (AvgIpc) is 2.54. The van der Waals surface area contributed by atoms with Crippen LogP contribution in [0.25, 0.3) is 0 Å². The van der Waals surface area contributed by atoms with Crippen LogP contribution in [0.3, 0.4) is 0 Å². The fourth-order valence-corrected chi connectivity index (χ4v) is 2.60. The third-order valence-electron chi connectivity index (χ3n) is 4.00. The van der Waals surface area contributed by atoms with Crippen molar-refractivity contribution in [1.82, 2.24) is 4.90 Å². The number of likely N-dealkylation sites (tertiary alicyclic amines) is 1. The van der Waals surface area contributed by atoms with Gasteiger partial charge in [-0.05, 0) is 24.8 Å². The van der Waals surface area contributed by atoms with Crippen molar-refractivity contribution in [3.63, 3.8) is 0 Å². The molecule has 1 aromatic rings. The Kier molecular flexibility index (Phi) is 6.68. The molecule has 0 spiro atoms. The Morgan fingerprint density at radius 3 is 2.82 bits per heavy atom. The van der Waals surface area contributed by atoms with Gasteiger partial charge in [0.2, 0.25) is 0 Å². The van der Waals surface area contributed by atoms with Gasteiger partial charge >= 0.3 is 0 Å². The number of oxime groups is 1. The van der Waals surface area contributed by atoms with E-state index in [4.69, 9.17) is 10.6 Å². The summed E-state index contributed by atoms with van der Waals surface area (Å²) in [7, 11) is 0. The molecule has 0 radical (unpaired) electrons. The third-order valence-corrected chi connectivity index (χ3v) is 4.00. The van der Waals surface area contributed by atoms with E-state index in [1.807, 2.05) is 18.2 Å². The van der Waals surface area contributed by atoms with Gasteiger partial charge in [0, 0.05) is 25.2 Å². The first-order valence-electron chi connectivity index (χ1n) is 8.14. The minimum atomic E-state index is -0.148. The predicted octanol–water partition coefficient (Wildman–Crippen LogP) is 2.08. The lowest BCUT2D eigenvalue weighted by Crippen LogP contribution is -2.35. The first kappa shape index (κ1) is 16.8. The maximum atomic E-state index is 9.59. The molecule has 1 saturated heterocycles. The summed E-state index contributed by atoms with van der Waals surface area (Å²) in [5, 5.41) is 13.6. The van der Waals surface area contributed by atoms with Gasteiger partial charge in [-0.3, -0.25) is 4.90 Å². The van der Waals surface area contributed by atoms with Crippen molar-refractivity contribution < 1.29 is 9.94 Å². The molecule has 0 saturated carbocycles. The molecule has 0 unspecified atom stereocenters. The molecule has 22 heavy (non-hydrogen) atoms. The topological polar surface area (TPSA) is 71.1 Å². The zero-order valence-electron chi connectivity index (χ0n) is 13.4. The summed E-state index contributed by atoms with van der Waals surface area (Å²) in [6.45, 7) is 5.37. The minimum absolute atomic E-state index is 0.148. The molecule has 2 rings (SSSR count). The second-order valence-corrected chi connectivity index (χ2v) is 5.83. The molecule has 0 atom stereocenters. The largest absolute Gasteiger partial charge is 0.394 e. The number of benzene rings is 1. The summed E-state index contributed by atoms with van der Waals surface area (Å²) in [5.41, 5.74) is 8.16. The van der Waals surface area contributed by atoms with E-state index in [9.17, 15) is 5.11 Å². The van der Waals surface area contributed by atoms with Gasteiger partial charge in [0.05, 0.1) is 6.10 Å². The first-order valence-corrected chi connectivity index (χ1v) is 8.14. The van der Waals surface area contributed by atoms with Crippen molar-refractivity contribution >= 4 is 5.84 Å². The molecule has 122 valence electrons. The van der Waals surface area contributed by atoms with Gasteiger partial charge in [0.25, 0.3) is 0 Å². The minimum Gasteiger partial charge on any atom is -0.394 e. The summed E-state index contributed by atoms with van der Waals surface area (Å²) in [5.74, 6) is 0.434. The van der Waals surface area contributed by atoms with E-state index in [0.29, 0.717) is 12.4 Å². The van der Waals surface area contributed by atoms with Crippen LogP contribution in [-0.2, 0) is 11.4 Å². The lowest BCUT2D eigenvalue weighted by atomic mass is 10.0. The van der Waals surface area contributed by atoms with Gasteiger partial charge in [-0.25, -0.2) is 0 Å². The number of hydrogen-bond acceptors (Lipinski definition) is 4. The van der Waals surface area contributed by atoms with Crippen LogP contribution in [0, 0.1) is 0 Å². The molecule has 1 aliphatic heterocycles. The molecular weight excluding hydrogens is 278 g/mol. The van der Waals surface area contributed by atoms with E-state index in [-0.39, 0.29) is 6.10 Å². The van der Waals surface area contributed by atoms with Crippen LogP contribution in [0.4, 0.5) is 0 Å². The van der Waals surface area contributed by atoms with Crippen molar-refractivity contribution in [3.05, 3.63) is 35.4 Å². The number of piperidine rings is 1. The maximum absolute atomic E-state index is 9.59. The van der Waals surface area contributed by atoms with E-state index in [2.05, 4.69) is 23.0 Å². The van der Waals surface area contributed by atoms with E-state index >= 15 is 0 Å². The Morgan fingerprint density at radius 2 is 2.09 bits per heavy atom. The quantitative estimate of drug-likeness (QED) is 0.350. The van der Waals surface area contributed by atoms with Crippen LogP contribution in [0.1, 0.15) is 43.7 Å². The highest BCUT2D eigenvalue weighted by Gasteiger charge is 2.18. The van der Waals surface area contributed by atoms with Crippen LogP contribution in [-0.4, -0.2) is 41.6 Å². The molecule has 0 amide bonds. The van der Waals surface area contributed by atoms with Gasteiger partial charge < -0.3 is 15.7 Å². The highest BCUT2D eigenvalue weighted by molar-refractivity contribution is 5.98. The molecule has 5 nitrogen and oxygen atoms in total. The molecule has 1 aliphatic rings. The van der Waals surface area contributed by atoms with Gasteiger partial charge in [-0.15, -0.1) is 0 Å². The van der Waals surface area contributed by atoms with Gasteiger partial charge in [0.1, 0.15) is 6.61 Å². The van der Waals surface area contributed by atoms with Crippen molar-refractivity contribution in [1.29, 1.82) is 0 Å². The second-order valence-electron chi connectivity index (χ2n) is 5.83. The molecule has 1 aromatic carbocycles. The first-order chi connectivity index (χ1) is 10.7. The van der Waals surface area contributed by atoms with Gasteiger partial charge in [-0.1, -0.05) is 42.8 Å². The average molecular weight is 305 g/mol. The molecule has 3 N–H and O–H groups in total. The Hall–Kier alpha value is -1.59. The van der Waals surface area contributed by atoms with Crippen LogP contribution >= 0.6 is 0 Å². The summed E-state index contributed by atoms with van der Waals surface area (Å²) >= 11 is 0. The SMILES string of the molecule is CCCCON=C(N)c1ccccc1CN1CCC(O)CC1. The van der Waals surface area contributed by atoms with E-state index in [0.717, 1.165) is 56.4 Å². The van der Waals surface area contributed by atoms with E-state index < -0.39 is 0 Å². The van der Waals surface area contributed by atoms with Crippen LogP contribution in [0.15, 0.2) is 29.4 Å². The monoisotopic (exact) mass is 305 g/mol. The van der Waals surface area contributed by atoms with Crippen molar-refractivity contribution in [2.45, 2.75) is 45.3 Å². The zero-order chi connectivity index (χ0) is 15.8. The summed E-state index contributed by atoms with van der Waals surface area (Å²) in [6.07, 6.45) is 3.59. The second kappa shape index (κ2) is 8.76. The summed E-state index contributed by atoms with van der Waals surface area (Å²) in [4.78, 5) is 7.61. The number of amidine groups is 1. The van der Waals surface area contributed by atoms with Crippen LogP contribution < -0.4 is 5.73 Å². The van der Waals surface area contributed by atoms with Crippen molar-refractivity contribution in [3.8, 4) is 0 Å². The number of hydrogen-bond donors (Lipinski definition) is 2. The molecule has 5 heteroatoms. The highest BCUT2D eigenvalue weighted by Crippen LogP contribution is 2.16. The molecular formula is C17H27N3O2. The molecule has 0 bridgehead atoms. The van der Waals surface area contributed by atoms with Crippen LogP contribution in [0.5, 0.6) is 0 Å². The van der Waals surface area contributed by atoms with Crippen molar-refractivity contribution in [2.24, 2.45) is 10.9 Å². The highest BCUT2D eigenvalue weighted by atomic mass is 16.6. The number of nitrogens with two attached hydrogens (primary N) is 1. The maximum Gasteiger partial charge on any atom is 0.170 e.